The zero-order chi connectivity index (χ0) is 13.4. The van der Waals surface area contributed by atoms with Crippen LogP contribution in [0.15, 0.2) is 0 Å². The summed E-state index contributed by atoms with van der Waals surface area (Å²) >= 11 is 0. The quantitative estimate of drug-likeness (QED) is 0.476. The lowest BCUT2D eigenvalue weighted by atomic mass is 10.2. The summed E-state index contributed by atoms with van der Waals surface area (Å²) in [6.45, 7) is 1.77. The standard InChI is InChI=1S/C12H22N2O4/c1-18-12(17)5-2-6-13-11(16)8-14-7-3-4-10(14)9-15/h10,15H,2-9H2,1H3,(H,13,16)/t10-/m0/s1. The molecule has 0 aromatic heterocycles. The first-order valence-electron chi connectivity index (χ1n) is 6.35. The highest BCUT2D eigenvalue weighted by Gasteiger charge is 2.25. The molecule has 1 aliphatic heterocycles. The summed E-state index contributed by atoms with van der Waals surface area (Å²) in [5.74, 6) is -0.315. The molecule has 18 heavy (non-hydrogen) atoms. The molecular weight excluding hydrogens is 236 g/mol. The number of aliphatic hydroxyl groups excluding tert-OH is 1. The maximum absolute atomic E-state index is 11.6. The van der Waals surface area contributed by atoms with E-state index in [4.69, 9.17) is 5.11 Å². The van der Waals surface area contributed by atoms with E-state index in [0.29, 0.717) is 25.9 Å². The van der Waals surface area contributed by atoms with Gasteiger partial charge in [-0.1, -0.05) is 0 Å². The van der Waals surface area contributed by atoms with Crippen molar-refractivity contribution in [1.82, 2.24) is 10.2 Å². The number of amides is 1. The molecule has 0 bridgehead atoms. The third-order valence-corrected chi connectivity index (χ3v) is 3.16. The Balaban J connectivity index is 2.12. The molecule has 0 aromatic carbocycles. The highest BCUT2D eigenvalue weighted by molar-refractivity contribution is 5.78. The number of methoxy groups -OCH3 is 1. The van der Waals surface area contributed by atoms with E-state index in [0.717, 1.165) is 19.4 Å². The van der Waals surface area contributed by atoms with Crippen molar-refractivity contribution in [2.75, 3.05) is 33.4 Å². The van der Waals surface area contributed by atoms with Crippen molar-refractivity contribution >= 4 is 11.9 Å². The van der Waals surface area contributed by atoms with E-state index in [1.807, 2.05) is 4.90 Å². The Labute approximate surface area is 107 Å². The second-order valence-electron chi connectivity index (χ2n) is 4.48. The first-order valence-corrected chi connectivity index (χ1v) is 6.35. The van der Waals surface area contributed by atoms with E-state index in [-0.39, 0.29) is 24.5 Å². The van der Waals surface area contributed by atoms with Crippen molar-refractivity contribution < 1.29 is 19.4 Å². The van der Waals surface area contributed by atoms with E-state index in [1.165, 1.54) is 7.11 Å². The van der Waals surface area contributed by atoms with Gasteiger partial charge in [-0.15, -0.1) is 0 Å². The van der Waals surface area contributed by atoms with Crippen LogP contribution in [-0.2, 0) is 14.3 Å². The predicted octanol–water partition coefficient (Wildman–Crippen LogP) is -0.487. The minimum atomic E-state index is -0.260. The van der Waals surface area contributed by atoms with E-state index >= 15 is 0 Å². The van der Waals surface area contributed by atoms with Crippen LogP contribution >= 0.6 is 0 Å². The maximum Gasteiger partial charge on any atom is 0.305 e. The lowest BCUT2D eigenvalue weighted by Crippen LogP contribution is -2.41. The number of hydrogen-bond acceptors (Lipinski definition) is 5. The van der Waals surface area contributed by atoms with Crippen LogP contribution in [0.5, 0.6) is 0 Å². The van der Waals surface area contributed by atoms with Crippen molar-refractivity contribution in [2.45, 2.75) is 31.7 Å². The molecule has 1 saturated heterocycles. The zero-order valence-corrected chi connectivity index (χ0v) is 10.9. The number of ether oxygens (including phenoxy) is 1. The molecule has 104 valence electrons. The molecule has 1 fully saturated rings. The van der Waals surface area contributed by atoms with Crippen LogP contribution in [-0.4, -0.2) is 61.3 Å². The van der Waals surface area contributed by atoms with Gasteiger partial charge in [0.05, 0.1) is 20.3 Å². The minimum Gasteiger partial charge on any atom is -0.469 e. The Kier molecular flexibility index (Phi) is 6.67. The van der Waals surface area contributed by atoms with Crippen LogP contribution in [0.2, 0.25) is 0 Å². The molecule has 1 rings (SSSR count). The molecule has 1 aliphatic rings. The van der Waals surface area contributed by atoms with Crippen molar-refractivity contribution in [2.24, 2.45) is 0 Å². The topological polar surface area (TPSA) is 78.9 Å². The van der Waals surface area contributed by atoms with Gasteiger partial charge in [0.15, 0.2) is 0 Å². The summed E-state index contributed by atoms with van der Waals surface area (Å²) in [4.78, 5) is 24.5. The van der Waals surface area contributed by atoms with Gasteiger partial charge < -0.3 is 15.2 Å². The number of rotatable bonds is 7. The molecule has 0 saturated carbocycles. The van der Waals surface area contributed by atoms with E-state index in [2.05, 4.69) is 10.1 Å². The number of esters is 1. The van der Waals surface area contributed by atoms with Crippen molar-refractivity contribution in [3.05, 3.63) is 0 Å². The number of nitrogens with one attached hydrogen (secondary N) is 1. The summed E-state index contributed by atoms with van der Waals surface area (Å²) in [6.07, 6.45) is 2.88. The number of carbonyl (C=O) groups excluding carboxylic acids is 2. The number of carbonyl (C=O) groups is 2. The van der Waals surface area contributed by atoms with Gasteiger partial charge in [-0.05, 0) is 25.8 Å². The summed E-state index contributed by atoms with van der Waals surface area (Å²) in [5.41, 5.74) is 0. The van der Waals surface area contributed by atoms with E-state index in [1.54, 1.807) is 0 Å². The van der Waals surface area contributed by atoms with Crippen LogP contribution in [0.25, 0.3) is 0 Å². The number of hydrogen-bond donors (Lipinski definition) is 2. The molecule has 6 heteroatoms. The van der Waals surface area contributed by atoms with E-state index < -0.39 is 0 Å². The highest BCUT2D eigenvalue weighted by Crippen LogP contribution is 2.15. The lowest BCUT2D eigenvalue weighted by Gasteiger charge is -2.21. The van der Waals surface area contributed by atoms with Gasteiger partial charge in [0.1, 0.15) is 0 Å². The third kappa shape index (κ3) is 5.01. The Bertz CT molecular complexity index is 283. The first kappa shape index (κ1) is 14.9. The Morgan fingerprint density at radius 3 is 2.94 bits per heavy atom. The average Bonchev–Trinajstić information content (AvgIpc) is 2.81. The summed E-state index contributed by atoms with van der Waals surface area (Å²) in [6, 6.07) is 0.116. The average molecular weight is 258 g/mol. The Morgan fingerprint density at radius 1 is 1.50 bits per heavy atom. The molecule has 0 aromatic rings. The molecule has 1 heterocycles. The van der Waals surface area contributed by atoms with Gasteiger partial charge in [0.2, 0.25) is 5.91 Å². The smallest absolute Gasteiger partial charge is 0.305 e. The maximum atomic E-state index is 11.6. The molecule has 1 amide bonds. The minimum absolute atomic E-state index is 0.0554. The monoisotopic (exact) mass is 258 g/mol. The largest absolute Gasteiger partial charge is 0.469 e. The van der Waals surface area contributed by atoms with Crippen LogP contribution in [0.1, 0.15) is 25.7 Å². The van der Waals surface area contributed by atoms with Gasteiger partial charge in [0, 0.05) is 19.0 Å². The number of nitrogens with zero attached hydrogens (tertiary/aromatic N) is 1. The summed E-state index contributed by atoms with van der Waals surface area (Å²) in [5, 5.41) is 11.9. The molecular formula is C12H22N2O4. The van der Waals surface area contributed by atoms with Crippen LogP contribution in [0, 0.1) is 0 Å². The molecule has 1 atom stereocenters. The molecule has 6 nitrogen and oxygen atoms in total. The zero-order valence-electron chi connectivity index (χ0n) is 10.9. The second-order valence-corrected chi connectivity index (χ2v) is 4.48. The summed E-state index contributed by atoms with van der Waals surface area (Å²) < 4.78 is 4.51. The van der Waals surface area contributed by atoms with Gasteiger partial charge in [-0.25, -0.2) is 0 Å². The summed E-state index contributed by atoms with van der Waals surface area (Å²) in [7, 11) is 1.35. The van der Waals surface area contributed by atoms with Crippen molar-refractivity contribution in [1.29, 1.82) is 0 Å². The van der Waals surface area contributed by atoms with Crippen molar-refractivity contribution in [3.8, 4) is 0 Å². The van der Waals surface area contributed by atoms with Gasteiger partial charge in [-0.2, -0.15) is 0 Å². The Hall–Kier alpha value is -1.14. The molecule has 0 radical (unpaired) electrons. The van der Waals surface area contributed by atoms with Crippen LogP contribution in [0.4, 0.5) is 0 Å². The fourth-order valence-electron chi connectivity index (χ4n) is 2.11. The van der Waals surface area contributed by atoms with Crippen molar-refractivity contribution in [3.63, 3.8) is 0 Å². The van der Waals surface area contributed by atoms with Gasteiger partial charge in [-0.3, -0.25) is 14.5 Å². The van der Waals surface area contributed by atoms with Gasteiger partial charge >= 0.3 is 5.97 Å². The Morgan fingerprint density at radius 2 is 2.28 bits per heavy atom. The van der Waals surface area contributed by atoms with Crippen LogP contribution in [0.3, 0.4) is 0 Å². The van der Waals surface area contributed by atoms with Gasteiger partial charge in [0.25, 0.3) is 0 Å². The first-order chi connectivity index (χ1) is 8.67. The fourth-order valence-corrected chi connectivity index (χ4v) is 2.11. The number of likely N-dealkylation sites (tertiary alicyclic amines) is 1. The second kappa shape index (κ2) is 8.05. The number of aliphatic hydroxyl groups is 1. The normalized spacial score (nSPS) is 19.8. The van der Waals surface area contributed by atoms with Crippen LogP contribution < -0.4 is 5.32 Å². The molecule has 0 aliphatic carbocycles. The molecule has 0 spiro atoms. The SMILES string of the molecule is COC(=O)CCCNC(=O)CN1CCC[C@H]1CO. The molecule has 2 N–H and O–H groups in total. The fraction of sp³-hybridized carbons (Fsp3) is 0.833. The lowest BCUT2D eigenvalue weighted by molar-refractivity contribution is -0.140. The van der Waals surface area contributed by atoms with E-state index in [9.17, 15) is 9.59 Å². The molecule has 0 unspecified atom stereocenters. The highest BCUT2D eigenvalue weighted by atomic mass is 16.5. The third-order valence-electron chi connectivity index (χ3n) is 3.16. The predicted molar refractivity (Wildman–Crippen MR) is 65.9 cm³/mol.